The number of nitrogens with one attached hydrogen (secondary N) is 1. The molecule has 1 aromatic heterocycles. The number of methoxy groups -OCH3 is 1. The van der Waals surface area contributed by atoms with Crippen molar-refractivity contribution in [3.8, 4) is 5.75 Å². The normalized spacial score (nSPS) is 16.3. The number of rotatable bonds is 5. The zero-order valence-electron chi connectivity index (χ0n) is 16.0. The predicted molar refractivity (Wildman–Crippen MR) is 99.7 cm³/mol. The summed E-state index contributed by atoms with van der Waals surface area (Å²) >= 11 is 0. The van der Waals surface area contributed by atoms with Crippen LogP contribution in [0.3, 0.4) is 0 Å². The summed E-state index contributed by atoms with van der Waals surface area (Å²) in [4.78, 5) is 12.7. The Morgan fingerprint density at radius 1 is 1.35 bits per heavy atom. The molecule has 0 spiro atoms. The number of hydrogen-bond donors (Lipinski definition) is 1. The van der Waals surface area contributed by atoms with Gasteiger partial charge in [-0.05, 0) is 32.8 Å². The van der Waals surface area contributed by atoms with Crippen molar-refractivity contribution in [3.63, 3.8) is 0 Å². The second-order valence-corrected chi connectivity index (χ2v) is 7.05. The zero-order chi connectivity index (χ0) is 18.7. The fraction of sp³-hybridized carbons (Fsp3) is 0.500. The smallest absolute Gasteiger partial charge is 0.254 e. The highest BCUT2D eigenvalue weighted by Crippen LogP contribution is 2.40. The van der Waals surface area contributed by atoms with E-state index in [-0.39, 0.29) is 11.3 Å². The largest absolute Gasteiger partial charge is 0.496 e. The number of aromatic nitrogens is 2. The summed E-state index contributed by atoms with van der Waals surface area (Å²) in [6.07, 6.45) is 3.31. The maximum atomic E-state index is 12.7. The van der Waals surface area contributed by atoms with Crippen molar-refractivity contribution in [1.29, 1.82) is 0 Å². The van der Waals surface area contributed by atoms with E-state index < -0.39 is 0 Å². The molecule has 0 radical (unpaired) electrons. The molecule has 0 unspecified atom stereocenters. The standard InChI is InChI=1S/C20H27N3O3/c1-14-5-6-18(25-4)17(11-14)20(7-9-26-10-8-20)13-21-19(24)16-12-22-23(3)15(16)2/h5-6,11-12H,7-10,13H2,1-4H3,(H,21,24). The minimum absolute atomic E-state index is 0.0897. The van der Waals surface area contributed by atoms with Crippen molar-refractivity contribution in [3.05, 3.63) is 46.8 Å². The molecule has 1 amide bonds. The number of ether oxygens (including phenoxy) is 2. The van der Waals surface area contributed by atoms with E-state index in [2.05, 4.69) is 23.4 Å². The molecular formula is C20H27N3O3. The van der Waals surface area contributed by atoms with Gasteiger partial charge in [0.15, 0.2) is 0 Å². The van der Waals surface area contributed by atoms with Gasteiger partial charge in [0, 0.05) is 43.5 Å². The summed E-state index contributed by atoms with van der Waals surface area (Å²) in [6.45, 7) is 5.88. The Morgan fingerprint density at radius 2 is 2.08 bits per heavy atom. The lowest BCUT2D eigenvalue weighted by Gasteiger charge is -2.38. The summed E-state index contributed by atoms with van der Waals surface area (Å²) < 4.78 is 12.9. The summed E-state index contributed by atoms with van der Waals surface area (Å²) in [5.41, 5.74) is 3.61. The van der Waals surface area contributed by atoms with Crippen molar-refractivity contribution in [2.75, 3.05) is 26.9 Å². The number of amides is 1. The monoisotopic (exact) mass is 357 g/mol. The lowest BCUT2D eigenvalue weighted by Crippen LogP contribution is -2.45. The molecule has 6 nitrogen and oxygen atoms in total. The van der Waals surface area contributed by atoms with E-state index >= 15 is 0 Å². The summed E-state index contributed by atoms with van der Waals surface area (Å²) in [7, 11) is 3.53. The molecule has 1 fully saturated rings. The van der Waals surface area contributed by atoms with Gasteiger partial charge < -0.3 is 14.8 Å². The van der Waals surface area contributed by atoms with E-state index in [0.717, 1.165) is 29.8 Å². The first-order chi connectivity index (χ1) is 12.5. The minimum Gasteiger partial charge on any atom is -0.496 e. The lowest BCUT2D eigenvalue weighted by molar-refractivity contribution is 0.0479. The molecule has 0 aliphatic carbocycles. The molecule has 0 saturated carbocycles. The predicted octanol–water partition coefficient (Wildman–Crippen LogP) is 2.52. The Kier molecular flexibility index (Phi) is 5.32. The number of nitrogens with zero attached hydrogens (tertiary/aromatic N) is 2. The number of aryl methyl sites for hydroxylation is 2. The quantitative estimate of drug-likeness (QED) is 0.893. The van der Waals surface area contributed by atoms with E-state index in [0.29, 0.717) is 25.3 Å². The highest BCUT2D eigenvalue weighted by Gasteiger charge is 2.37. The van der Waals surface area contributed by atoms with Gasteiger partial charge in [-0.25, -0.2) is 0 Å². The zero-order valence-corrected chi connectivity index (χ0v) is 16.0. The van der Waals surface area contributed by atoms with Gasteiger partial charge in [-0.3, -0.25) is 9.48 Å². The van der Waals surface area contributed by atoms with Crippen LogP contribution < -0.4 is 10.1 Å². The van der Waals surface area contributed by atoms with Crippen molar-refractivity contribution in [2.45, 2.75) is 32.1 Å². The van der Waals surface area contributed by atoms with Crippen LogP contribution in [0.25, 0.3) is 0 Å². The van der Waals surface area contributed by atoms with Crippen molar-refractivity contribution in [1.82, 2.24) is 15.1 Å². The molecule has 6 heteroatoms. The molecule has 2 heterocycles. The molecule has 3 rings (SSSR count). The molecule has 0 atom stereocenters. The van der Waals surface area contributed by atoms with Crippen molar-refractivity contribution >= 4 is 5.91 Å². The molecule has 1 aliphatic rings. The first kappa shape index (κ1) is 18.5. The minimum atomic E-state index is -0.193. The number of carbonyl (C=O) groups excluding carboxylic acids is 1. The third-order valence-electron chi connectivity index (χ3n) is 5.44. The van der Waals surface area contributed by atoms with Gasteiger partial charge in [0.25, 0.3) is 5.91 Å². The van der Waals surface area contributed by atoms with Crippen LogP contribution in [0.1, 0.15) is 40.0 Å². The second kappa shape index (κ2) is 7.50. The van der Waals surface area contributed by atoms with E-state index in [1.54, 1.807) is 18.0 Å². The Balaban J connectivity index is 1.88. The topological polar surface area (TPSA) is 65.4 Å². The van der Waals surface area contributed by atoms with Gasteiger partial charge in [0.2, 0.25) is 0 Å². The average molecular weight is 357 g/mol. The Labute approximate surface area is 154 Å². The Morgan fingerprint density at radius 3 is 2.69 bits per heavy atom. The third kappa shape index (κ3) is 3.46. The van der Waals surface area contributed by atoms with E-state index in [1.807, 2.05) is 26.1 Å². The lowest BCUT2D eigenvalue weighted by atomic mass is 9.73. The van der Waals surface area contributed by atoms with Crippen LogP contribution >= 0.6 is 0 Å². The Bertz CT molecular complexity index is 792. The summed E-state index contributed by atoms with van der Waals surface area (Å²) in [6, 6.07) is 6.23. The number of hydrogen-bond acceptors (Lipinski definition) is 4. The van der Waals surface area contributed by atoms with Gasteiger partial charge in [-0.15, -0.1) is 0 Å². The summed E-state index contributed by atoms with van der Waals surface area (Å²) in [5.74, 6) is 0.775. The molecular weight excluding hydrogens is 330 g/mol. The van der Waals surface area contributed by atoms with Crippen LogP contribution in [0.4, 0.5) is 0 Å². The second-order valence-electron chi connectivity index (χ2n) is 7.05. The molecule has 140 valence electrons. The maximum absolute atomic E-state index is 12.7. The highest BCUT2D eigenvalue weighted by atomic mass is 16.5. The van der Waals surface area contributed by atoms with Gasteiger partial charge in [-0.1, -0.05) is 17.7 Å². The molecule has 2 aromatic rings. The van der Waals surface area contributed by atoms with Crippen LogP contribution in [-0.4, -0.2) is 42.6 Å². The maximum Gasteiger partial charge on any atom is 0.254 e. The highest BCUT2D eigenvalue weighted by molar-refractivity contribution is 5.95. The van der Waals surface area contributed by atoms with Crippen molar-refractivity contribution < 1.29 is 14.3 Å². The van der Waals surface area contributed by atoms with Gasteiger partial charge in [0.1, 0.15) is 5.75 Å². The molecule has 0 bridgehead atoms. The summed E-state index contributed by atoms with van der Waals surface area (Å²) in [5, 5.41) is 7.29. The van der Waals surface area contributed by atoms with Crippen LogP contribution in [0.15, 0.2) is 24.4 Å². The fourth-order valence-electron chi connectivity index (χ4n) is 3.61. The van der Waals surface area contributed by atoms with Gasteiger partial charge >= 0.3 is 0 Å². The molecule has 1 saturated heterocycles. The van der Waals surface area contributed by atoms with Crippen LogP contribution in [0.5, 0.6) is 5.75 Å². The molecule has 1 aliphatic heterocycles. The fourth-order valence-corrected chi connectivity index (χ4v) is 3.61. The van der Waals surface area contributed by atoms with E-state index in [1.165, 1.54) is 5.56 Å². The van der Waals surface area contributed by atoms with E-state index in [9.17, 15) is 4.79 Å². The average Bonchev–Trinajstić information content (AvgIpc) is 2.99. The first-order valence-corrected chi connectivity index (χ1v) is 8.96. The van der Waals surface area contributed by atoms with Crippen LogP contribution in [0.2, 0.25) is 0 Å². The molecule has 1 aromatic carbocycles. The molecule has 1 N–H and O–H groups in total. The van der Waals surface area contributed by atoms with Crippen LogP contribution in [0, 0.1) is 13.8 Å². The van der Waals surface area contributed by atoms with Crippen molar-refractivity contribution in [2.24, 2.45) is 7.05 Å². The SMILES string of the molecule is COc1ccc(C)cc1C1(CNC(=O)c2cnn(C)c2C)CCOCC1. The third-order valence-corrected chi connectivity index (χ3v) is 5.44. The van der Waals surface area contributed by atoms with Gasteiger partial charge in [0.05, 0.1) is 18.9 Å². The number of benzene rings is 1. The first-order valence-electron chi connectivity index (χ1n) is 8.96. The Hall–Kier alpha value is -2.34. The number of carbonyl (C=O) groups is 1. The van der Waals surface area contributed by atoms with Crippen LogP contribution in [-0.2, 0) is 17.2 Å². The van der Waals surface area contributed by atoms with Gasteiger partial charge in [-0.2, -0.15) is 5.10 Å². The molecule has 26 heavy (non-hydrogen) atoms. The van der Waals surface area contributed by atoms with E-state index in [4.69, 9.17) is 9.47 Å².